The van der Waals surface area contributed by atoms with Gasteiger partial charge in [0.15, 0.2) is 5.16 Å². The minimum atomic E-state index is 0.767. The van der Waals surface area contributed by atoms with Crippen LogP contribution in [0.3, 0.4) is 0 Å². The van der Waals surface area contributed by atoms with E-state index in [2.05, 4.69) is 22.2 Å². The lowest BCUT2D eigenvalue weighted by Gasteiger charge is -2.06. The molecule has 5 heteroatoms. The number of hydrogen-bond acceptors (Lipinski definition) is 3. The fourth-order valence-corrected chi connectivity index (χ4v) is 3.16. The van der Waals surface area contributed by atoms with E-state index in [0.717, 1.165) is 34.3 Å². The van der Waals surface area contributed by atoms with E-state index in [4.69, 9.17) is 4.98 Å². The molecule has 0 radical (unpaired) electrons. The van der Waals surface area contributed by atoms with Gasteiger partial charge in [0, 0.05) is 26.0 Å². The summed E-state index contributed by atoms with van der Waals surface area (Å²) in [6.45, 7) is 4.60. The summed E-state index contributed by atoms with van der Waals surface area (Å²) in [6, 6.07) is 8.19. The number of aryl methyl sites for hydroxylation is 1. The summed E-state index contributed by atoms with van der Waals surface area (Å²) in [6.07, 6.45) is 5.68. The smallest absolute Gasteiger partial charge is 0.169 e. The van der Waals surface area contributed by atoms with Crippen molar-refractivity contribution in [2.75, 3.05) is 0 Å². The van der Waals surface area contributed by atoms with Crippen LogP contribution >= 0.6 is 11.8 Å². The fourth-order valence-electron chi connectivity index (χ4n) is 2.13. The van der Waals surface area contributed by atoms with Crippen LogP contribution in [0.2, 0.25) is 0 Å². The quantitative estimate of drug-likeness (QED) is 0.533. The number of allylic oxidation sites excluding steroid dienone is 1. The first-order valence-electron chi connectivity index (χ1n) is 6.45. The van der Waals surface area contributed by atoms with Crippen molar-refractivity contribution in [3.05, 3.63) is 55.1 Å². The monoisotopic (exact) mass is 284 g/mol. The van der Waals surface area contributed by atoms with Crippen molar-refractivity contribution in [2.45, 2.75) is 17.5 Å². The first kappa shape index (κ1) is 13.0. The zero-order valence-corrected chi connectivity index (χ0v) is 12.2. The number of para-hydroxylation sites is 2. The van der Waals surface area contributed by atoms with Gasteiger partial charge in [-0.15, -0.1) is 6.58 Å². The van der Waals surface area contributed by atoms with Gasteiger partial charge in [-0.05, 0) is 12.1 Å². The first-order chi connectivity index (χ1) is 9.79. The van der Waals surface area contributed by atoms with Gasteiger partial charge in [-0.1, -0.05) is 30.0 Å². The van der Waals surface area contributed by atoms with E-state index in [0.29, 0.717) is 0 Å². The predicted octanol–water partition coefficient (Wildman–Crippen LogP) is 3.25. The standard InChI is InChI=1S/C15H16N4S/c1-3-9-19-13-7-5-4-6-12(13)17-15(19)20-11-14-16-8-10-18(14)2/h3-8,10H,1,9,11H2,2H3. The van der Waals surface area contributed by atoms with Crippen molar-refractivity contribution in [1.82, 2.24) is 19.1 Å². The Morgan fingerprint density at radius 2 is 2.20 bits per heavy atom. The third-order valence-electron chi connectivity index (χ3n) is 3.18. The van der Waals surface area contributed by atoms with Crippen LogP contribution in [-0.2, 0) is 19.3 Å². The Morgan fingerprint density at radius 3 is 2.95 bits per heavy atom. The van der Waals surface area contributed by atoms with E-state index in [1.54, 1.807) is 11.8 Å². The lowest BCUT2D eigenvalue weighted by Crippen LogP contribution is -1.99. The van der Waals surface area contributed by atoms with Crippen LogP contribution in [0.1, 0.15) is 5.82 Å². The van der Waals surface area contributed by atoms with Gasteiger partial charge in [-0.2, -0.15) is 0 Å². The van der Waals surface area contributed by atoms with Crippen molar-refractivity contribution >= 4 is 22.8 Å². The maximum Gasteiger partial charge on any atom is 0.169 e. The molecule has 3 rings (SSSR count). The maximum atomic E-state index is 4.70. The average molecular weight is 284 g/mol. The molecule has 0 saturated carbocycles. The molecule has 0 aliphatic rings. The predicted molar refractivity (Wildman–Crippen MR) is 82.7 cm³/mol. The Hall–Kier alpha value is -2.01. The summed E-state index contributed by atoms with van der Waals surface area (Å²) < 4.78 is 4.23. The number of thioether (sulfide) groups is 1. The van der Waals surface area contributed by atoms with Gasteiger partial charge < -0.3 is 9.13 Å². The van der Waals surface area contributed by atoms with Crippen LogP contribution in [-0.4, -0.2) is 19.1 Å². The molecule has 0 aliphatic carbocycles. The molecule has 0 unspecified atom stereocenters. The molecular weight excluding hydrogens is 268 g/mol. The molecule has 4 nitrogen and oxygen atoms in total. The zero-order chi connectivity index (χ0) is 13.9. The van der Waals surface area contributed by atoms with E-state index in [1.165, 1.54) is 0 Å². The minimum absolute atomic E-state index is 0.767. The van der Waals surface area contributed by atoms with Gasteiger partial charge in [0.05, 0.1) is 16.8 Å². The second-order valence-corrected chi connectivity index (χ2v) is 5.47. The van der Waals surface area contributed by atoms with Gasteiger partial charge in [0.1, 0.15) is 5.82 Å². The van der Waals surface area contributed by atoms with Crippen LogP contribution < -0.4 is 0 Å². The topological polar surface area (TPSA) is 35.6 Å². The summed E-state index contributed by atoms with van der Waals surface area (Å²) in [4.78, 5) is 9.05. The third kappa shape index (κ3) is 2.36. The Morgan fingerprint density at radius 1 is 1.35 bits per heavy atom. The summed E-state index contributed by atoms with van der Waals surface area (Å²) >= 11 is 1.71. The molecule has 0 bridgehead atoms. The zero-order valence-electron chi connectivity index (χ0n) is 11.4. The molecule has 0 fully saturated rings. The van der Waals surface area contributed by atoms with Crippen LogP contribution in [0.5, 0.6) is 0 Å². The van der Waals surface area contributed by atoms with Gasteiger partial charge in [-0.3, -0.25) is 0 Å². The first-order valence-corrected chi connectivity index (χ1v) is 7.43. The van der Waals surface area contributed by atoms with Crippen molar-refractivity contribution in [1.29, 1.82) is 0 Å². The molecule has 0 amide bonds. The van der Waals surface area contributed by atoms with Crippen molar-refractivity contribution in [2.24, 2.45) is 7.05 Å². The van der Waals surface area contributed by atoms with Gasteiger partial charge >= 0.3 is 0 Å². The molecule has 0 atom stereocenters. The van der Waals surface area contributed by atoms with Gasteiger partial charge in [0.25, 0.3) is 0 Å². The lowest BCUT2D eigenvalue weighted by atomic mass is 10.3. The van der Waals surface area contributed by atoms with E-state index >= 15 is 0 Å². The number of benzene rings is 1. The summed E-state index contributed by atoms with van der Waals surface area (Å²) in [5.41, 5.74) is 2.17. The van der Waals surface area contributed by atoms with E-state index in [1.807, 2.05) is 48.3 Å². The second-order valence-electron chi connectivity index (χ2n) is 4.53. The number of hydrogen-bond donors (Lipinski definition) is 0. The van der Waals surface area contributed by atoms with Crippen LogP contribution in [0.4, 0.5) is 0 Å². The molecule has 1 aromatic carbocycles. The summed E-state index contributed by atoms with van der Waals surface area (Å²) in [5.74, 6) is 1.86. The Labute approximate surface area is 122 Å². The molecule has 102 valence electrons. The summed E-state index contributed by atoms with van der Waals surface area (Å²) in [7, 11) is 2.01. The fraction of sp³-hybridized carbons (Fsp3) is 0.200. The highest BCUT2D eigenvalue weighted by Crippen LogP contribution is 2.26. The van der Waals surface area contributed by atoms with Crippen LogP contribution in [0.15, 0.2) is 54.5 Å². The molecule has 0 N–H and O–H groups in total. The largest absolute Gasteiger partial charge is 0.337 e. The molecule has 0 saturated heterocycles. The third-order valence-corrected chi connectivity index (χ3v) is 4.15. The van der Waals surface area contributed by atoms with E-state index < -0.39 is 0 Å². The Kier molecular flexibility index (Phi) is 3.60. The number of nitrogens with zero attached hydrogens (tertiary/aromatic N) is 4. The number of rotatable bonds is 5. The number of aromatic nitrogens is 4. The Balaban J connectivity index is 1.92. The molecule has 20 heavy (non-hydrogen) atoms. The number of fused-ring (bicyclic) bond motifs is 1. The molecule has 2 aromatic heterocycles. The Bertz CT molecular complexity index is 741. The number of imidazole rings is 2. The summed E-state index contributed by atoms with van der Waals surface area (Å²) in [5, 5.41) is 1.01. The van der Waals surface area contributed by atoms with Crippen LogP contribution in [0, 0.1) is 0 Å². The van der Waals surface area contributed by atoms with Crippen LogP contribution in [0.25, 0.3) is 11.0 Å². The molecule has 0 aliphatic heterocycles. The second kappa shape index (κ2) is 5.54. The van der Waals surface area contributed by atoms with Crippen molar-refractivity contribution in [3.63, 3.8) is 0 Å². The van der Waals surface area contributed by atoms with Gasteiger partial charge in [0.2, 0.25) is 0 Å². The molecule has 3 aromatic rings. The highest BCUT2D eigenvalue weighted by Gasteiger charge is 2.11. The average Bonchev–Trinajstić information content (AvgIpc) is 3.02. The van der Waals surface area contributed by atoms with Crippen molar-refractivity contribution < 1.29 is 0 Å². The van der Waals surface area contributed by atoms with Gasteiger partial charge in [-0.25, -0.2) is 9.97 Å². The van der Waals surface area contributed by atoms with E-state index in [9.17, 15) is 0 Å². The maximum absolute atomic E-state index is 4.70. The molecule has 2 heterocycles. The highest BCUT2D eigenvalue weighted by atomic mass is 32.2. The highest BCUT2D eigenvalue weighted by molar-refractivity contribution is 7.98. The van der Waals surface area contributed by atoms with E-state index in [-0.39, 0.29) is 0 Å². The minimum Gasteiger partial charge on any atom is -0.337 e. The molecular formula is C15H16N4S. The lowest BCUT2D eigenvalue weighted by molar-refractivity contribution is 0.747. The normalized spacial score (nSPS) is 11.1. The molecule has 0 spiro atoms. The SMILES string of the molecule is C=CCn1c(SCc2nccn2C)nc2ccccc21. The van der Waals surface area contributed by atoms with Crippen molar-refractivity contribution in [3.8, 4) is 0 Å².